The molecule has 0 saturated carbocycles. The predicted molar refractivity (Wildman–Crippen MR) is 67.1 cm³/mol. The summed E-state index contributed by atoms with van der Waals surface area (Å²) < 4.78 is 1.83. The second-order valence-electron chi connectivity index (χ2n) is 4.15. The van der Waals surface area contributed by atoms with Crippen LogP contribution in [-0.2, 0) is 0 Å². The molecule has 0 radical (unpaired) electrons. The van der Waals surface area contributed by atoms with Crippen LogP contribution in [0.15, 0.2) is 18.3 Å². The lowest BCUT2D eigenvalue weighted by Crippen LogP contribution is -2.18. The van der Waals surface area contributed by atoms with Crippen molar-refractivity contribution in [3.8, 4) is 0 Å². The minimum absolute atomic E-state index is 0.531. The molecule has 3 heterocycles. The molecule has 4 nitrogen and oxygen atoms in total. The van der Waals surface area contributed by atoms with Crippen LogP contribution >= 0.6 is 11.8 Å². The summed E-state index contributed by atoms with van der Waals surface area (Å²) in [5.41, 5.74) is 2.10. The number of anilines is 1. The summed E-state index contributed by atoms with van der Waals surface area (Å²) in [5, 5.41) is 7.81. The number of hydrogen-bond donors (Lipinski definition) is 1. The van der Waals surface area contributed by atoms with Crippen LogP contribution in [0.3, 0.4) is 0 Å². The minimum atomic E-state index is 0.531. The number of nitrogens with zero attached hydrogens (tertiary/aromatic N) is 3. The fourth-order valence-corrected chi connectivity index (χ4v) is 3.03. The zero-order chi connectivity index (χ0) is 11.0. The topological polar surface area (TPSA) is 42.2 Å². The smallest absolute Gasteiger partial charge is 0.243 e. The lowest BCUT2D eigenvalue weighted by atomic mass is 10.3. The van der Waals surface area contributed by atoms with E-state index in [1.807, 2.05) is 28.5 Å². The van der Waals surface area contributed by atoms with Gasteiger partial charge >= 0.3 is 0 Å². The molecule has 1 aliphatic rings. The Balaban J connectivity index is 1.86. The van der Waals surface area contributed by atoms with Gasteiger partial charge in [0.1, 0.15) is 0 Å². The van der Waals surface area contributed by atoms with Gasteiger partial charge in [0.25, 0.3) is 0 Å². The lowest BCUT2D eigenvalue weighted by Gasteiger charge is -2.07. The van der Waals surface area contributed by atoms with Gasteiger partial charge in [-0.15, -0.1) is 5.10 Å². The van der Waals surface area contributed by atoms with Crippen LogP contribution in [0.1, 0.15) is 12.0 Å². The summed E-state index contributed by atoms with van der Waals surface area (Å²) in [7, 11) is 0. The molecule has 5 heteroatoms. The van der Waals surface area contributed by atoms with Gasteiger partial charge in [-0.25, -0.2) is 4.52 Å². The maximum absolute atomic E-state index is 4.45. The van der Waals surface area contributed by atoms with Gasteiger partial charge in [-0.3, -0.25) is 0 Å². The minimum Gasteiger partial charge on any atom is -0.349 e. The average molecular weight is 234 g/mol. The Labute approximate surface area is 98.4 Å². The van der Waals surface area contributed by atoms with Crippen molar-refractivity contribution in [3.63, 3.8) is 0 Å². The second-order valence-corrected chi connectivity index (χ2v) is 5.30. The molecule has 0 amide bonds. The molecule has 0 bridgehead atoms. The Hall–Kier alpha value is -1.23. The van der Waals surface area contributed by atoms with Crippen LogP contribution in [0, 0.1) is 6.92 Å². The number of hydrogen-bond acceptors (Lipinski definition) is 4. The Morgan fingerprint density at radius 1 is 1.50 bits per heavy atom. The molecule has 1 atom stereocenters. The van der Waals surface area contributed by atoms with Gasteiger partial charge in [0.15, 0.2) is 5.65 Å². The van der Waals surface area contributed by atoms with E-state index >= 15 is 0 Å². The number of thioether (sulfide) groups is 1. The highest BCUT2D eigenvalue weighted by molar-refractivity contribution is 7.99. The highest BCUT2D eigenvalue weighted by Crippen LogP contribution is 2.20. The summed E-state index contributed by atoms with van der Waals surface area (Å²) >= 11 is 1.99. The van der Waals surface area contributed by atoms with Gasteiger partial charge in [-0.1, -0.05) is 6.07 Å². The number of aromatic nitrogens is 3. The highest BCUT2D eigenvalue weighted by Gasteiger charge is 2.16. The number of aryl methyl sites for hydroxylation is 1. The predicted octanol–water partition coefficient (Wildman–Crippen LogP) is 1.96. The molecule has 84 valence electrons. The molecule has 0 aliphatic carbocycles. The van der Waals surface area contributed by atoms with Crippen molar-refractivity contribution in [2.24, 2.45) is 0 Å². The molecule has 3 rings (SSSR count). The SMILES string of the molecule is Cc1ccc2nc(NC3CCSC3)nn2c1. The summed E-state index contributed by atoms with van der Waals surface area (Å²) in [6, 6.07) is 4.58. The Morgan fingerprint density at radius 2 is 2.44 bits per heavy atom. The molecule has 1 aliphatic heterocycles. The summed E-state index contributed by atoms with van der Waals surface area (Å²) in [4.78, 5) is 4.45. The van der Waals surface area contributed by atoms with E-state index in [2.05, 4.69) is 28.4 Å². The van der Waals surface area contributed by atoms with Gasteiger partial charge in [-0.2, -0.15) is 16.7 Å². The average Bonchev–Trinajstić information content (AvgIpc) is 2.86. The molecule has 0 aromatic carbocycles. The van der Waals surface area contributed by atoms with Crippen LogP contribution in [-0.4, -0.2) is 32.1 Å². The first kappa shape index (κ1) is 9.96. The maximum atomic E-state index is 4.45. The van der Waals surface area contributed by atoms with E-state index in [0.717, 1.165) is 17.3 Å². The highest BCUT2D eigenvalue weighted by atomic mass is 32.2. The van der Waals surface area contributed by atoms with Crippen molar-refractivity contribution in [1.82, 2.24) is 14.6 Å². The van der Waals surface area contributed by atoms with Crippen LogP contribution in [0.2, 0.25) is 0 Å². The monoisotopic (exact) mass is 234 g/mol. The molecular formula is C11H14N4S. The van der Waals surface area contributed by atoms with Crippen LogP contribution in [0.4, 0.5) is 5.95 Å². The van der Waals surface area contributed by atoms with Crippen molar-refractivity contribution in [2.75, 3.05) is 16.8 Å². The first-order valence-electron chi connectivity index (χ1n) is 5.48. The third-order valence-corrected chi connectivity index (χ3v) is 3.90. The summed E-state index contributed by atoms with van der Waals surface area (Å²) in [5.74, 6) is 3.15. The Bertz CT molecular complexity index is 502. The Kier molecular flexibility index (Phi) is 2.47. The molecule has 1 saturated heterocycles. The van der Waals surface area contributed by atoms with Crippen LogP contribution in [0.25, 0.3) is 5.65 Å². The largest absolute Gasteiger partial charge is 0.349 e. The molecule has 1 unspecified atom stereocenters. The molecular weight excluding hydrogens is 220 g/mol. The maximum Gasteiger partial charge on any atom is 0.243 e. The van der Waals surface area contributed by atoms with E-state index in [1.54, 1.807) is 0 Å². The first-order valence-corrected chi connectivity index (χ1v) is 6.64. The Morgan fingerprint density at radius 3 is 3.25 bits per heavy atom. The first-order chi connectivity index (χ1) is 7.81. The molecule has 16 heavy (non-hydrogen) atoms. The van der Waals surface area contributed by atoms with Crippen molar-refractivity contribution in [3.05, 3.63) is 23.9 Å². The number of fused-ring (bicyclic) bond motifs is 1. The van der Waals surface area contributed by atoms with E-state index in [9.17, 15) is 0 Å². The normalized spacial score (nSPS) is 20.4. The fraction of sp³-hybridized carbons (Fsp3) is 0.455. The van der Waals surface area contributed by atoms with Gasteiger partial charge in [0.2, 0.25) is 5.95 Å². The van der Waals surface area contributed by atoms with Crippen LogP contribution in [0.5, 0.6) is 0 Å². The van der Waals surface area contributed by atoms with Gasteiger partial charge in [-0.05, 0) is 30.7 Å². The van der Waals surface area contributed by atoms with Crippen molar-refractivity contribution >= 4 is 23.4 Å². The molecule has 2 aromatic rings. The summed E-state index contributed by atoms with van der Waals surface area (Å²) in [6.07, 6.45) is 3.20. The van der Waals surface area contributed by atoms with Crippen molar-refractivity contribution in [1.29, 1.82) is 0 Å². The van der Waals surface area contributed by atoms with Crippen molar-refractivity contribution < 1.29 is 0 Å². The van der Waals surface area contributed by atoms with E-state index in [-0.39, 0.29) is 0 Å². The van der Waals surface area contributed by atoms with E-state index in [4.69, 9.17) is 0 Å². The fourth-order valence-electron chi connectivity index (χ4n) is 1.88. The van der Waals surface area contributed by atoms with Gasteiger partial charge < -0.3 is 5.32 Å². The van der Waals surface area contributed by atoms with Gasteiger partial charge in [0, 0.05) is 18.0 Å². The number of pyridine rings is 1. The quantitative estimate of drug-likeness (QED) is 0.862. The number of rotatable bonds is 2. The lowest BCUT2D eigenvalue weighted by molar-refractivity contribution is 0.795. The van der Waals surface area contributed by atoms with E-state index in [0.29, 0.717) is 6.04 Å². The molecule has 2 aromatic heterocycles. The van der Waals surface area contributed by atoms with Gasteiger partial charge in [0.05, 0.1) is 0 Å². The second kappa shape index (κ2) is 3.97. The standard InChI is InChI=1S/C11H14N4S/c1-8-2-3-10-13-11(14-15(10)6-8)12-9-4-5-16-7-9/h2-3,6,9H,4-5,7H2,1H3,(H,12,14). The van der Waals surface area contributed by atoms with E-state index < -0.39 is 0 Å². The van der Waals surface area contributed by atoms with Crippen molar-refractivity contribution in [2.45, 2.75) is 19.4 Å². The third kappa shape index (κ3) is 1.87. The molecule has 0 spiro atoms. The zero-order valence-electron chi connectivity index (χ0n) is 9.18. The molecule has 1 N–H and O–H groups in total. The number of nitrogens with one attached hydrogen (secondary N) is 1. The van der Waals surface area contributed by atoms with Crippen LogP contribution < -0.4 is 5.32 Å². The van der Waals surface area contributed by atoms with E-state index in [1.165, 1.54) is 17.7 Å². The third-order valence-electron chi connectivity index (χ3n) is 2.74. The molecule has 1 fully saturated rings. The zero-order valence-corrected chi connectivity index (χ0v) is 10.00. The summed E-state index contributed by atoms with van der Waals surface area (Å²) in [6.45, 7) is 2.06.